The van der Waals surface area contributed by atoms with Crippen LogP contribution in [0.1, 0.15) is 10.4 Å². The predicted octanol–water partition coefficient (Wildman–Crippen LogP) is -1.60. The number of aliphatic hydroxyl groups is 3. The van der Waals surface area contributed by atoms with Gasteiger partial charge in [0.25, 0.3) is 5.69 Å². The van der Waals surface area contributed by atoms with Gasteiger partial charge < -0.3 is 34.8 Å². The average Bonchev–Trinajstić information content (AvgIpc) is 3.47. The number of Topliss-reactive ketones (excluding diaryl/α,β-unsaturated/α-hetero) is 1. The number of benzene rings is 1. The molecule has 2 saturated heterocycles. The number of hydrogen-bond donors (Lipinski definition) is 5. The number of rotatable bonds is 5. The normalized spacial score (nSPS) is 31.0. The van der Waals surface area contributed by atoms with E-state index in [2.05, 4.69) is 5.32 Å². The van der Waals surface area contributed by atoms with Gasteiger partial charge in [0.1, 0.15) is 25.1 Å². The molecule has 33 heavy (non-hydrogen) atoms. The summed E-state index contributed by atoms with van der Waals surface area (Å²) in [6.45, 7) is 1.49. The largest absolute Gasteiger partial charge is 0.394 e. The average molecular weight is 468 g/mol. The van der Waals surface area contributed by atoms with E-state index in [9.17, 15) is 29.9 Å². The van der Waals surface area contributed by atoms with E-state index in [1.807, 2.05) is 0 Å². The summed E-state index contributed by atoms with van der Waals surface area (Å²) >= 11 is 0. The number of nitrogens with one attached hydrogen (secondary N) is 1. The topological polar surface area (TPSA) is 207 Å². The quantitative estimate of drug-likeness (QED) is 0.189. The molecule has 180 valence electrons. The molecule has 0 bridgehead atoms. The lowest BCUT2D eigenvalue weighted by atomic mass is 9.97. The minimum absolute atomic E-state index is 0.0411. The Bertz CT molecular complexity index is 899. The molecule has 0 aliphatic carbocycles. The van der Waals surface area contributed by atoms with Crippen LogP contribution in [0.15, 0.2) is 36.5 Å². The highest BCUT2D eigenvalue weighted by Crippen LogP contribution is 2.27. The zero-order valence-electron chi connectivity index (χ0n) is 17.3. The summed E-state index contributed by atoms with van der Waals surface area (Å²) in [5.41, 5.74) is 3.88. The molecule has 2 amide bonds. The number of carbonyl (C=O) groups excluding carboxylic acids is 2. The molecule has 5 atom stereocenters. The fourth-order valence-electron chi connectivity index (χ4n) is 3.26. The summed E-state index contributed by atoms with van der Waals surface area (Å²) < 4.78 is 14.7. The maximum Gasteiger partial charge on any atom is 0.325 e. The smallest absolute Gasteiger partial charge is 0.325 e. The van der Waals surface area contributed by atoms with Gasteiger partial charge >= 0.3 is 6.03 Å². The summed E-state index contributed by atoms with van der Waals surface area (Å²) in [6.07, 6.45) is -2.96. The summed E-state index contributed by atoms with van der Waals surface area (Å²) in [4.78, 5) is 36.1. The van der Waals surface area contributed by atoms with E-state index in [0.29, 0.717) is 6.79 Å². The van der Waals surface area contributed by atoms with Gasteiger partial charge in [0.05, 0.1) is 24.7 Å². The SMILES string of the molecule is C1COCO1.NC1(C(=O)c2ccc([N+](=O)[O-])cc2)C=CN([C@@H]2O[C@H](CO)[C@@H](O)[C@H]2O)C(=O)N1. The molecule has 0 aromatic heterocycles. The molecule has 3 aliphatic rings. The number of aliphatic hydroxyl groups excluding tert-OH is 3. The Morgan fingerprint density at radius 1 is 1.24 bits per heavy atom. The molecule has 14 heteroatoms. The minimum atomic E-state index is -1.93. The van der Waals surface area contributed by atoms with Gasteiger partial charge in [-0.3, -0.25) is 25.5 Å². The Hall–Kier alpha value is -2.98. The molecule has 1 aromatic rings. The van der Waals surface area contributed by atoms with Crippen LogP contribution in [0.4, 0.5) is 10.5 Å². The van der Waals surface area contributed by atoms with Crippen LogP contribution < -0.4 is 11.1 Å². The molecule has 6 N–H and O–H groups in total. The summed E-state index contributed by atoms with van der Waals surface area (Å²) in [6, 6.07) is 3.82. The first-order chi connectivity index (χ1) is 15.7. The summed E-state index contributed by atoms with van der Waals surface area (Å²) in [5.74, 6) is -0.715. The first-order valence-corrected chi connectivity index (χ1v) is 9.84. The highest BCUT2D eigenvalue weighted by molar-refractivity contribution is 6.06. The standard InChI is InChI=1S/C16H18N4O8.C3H6O2/c17-16(13(24)8-1-3-9(4-2-8)20(26)27)5-6-19(15(25)18-16)14-12(23)11(22)10(7-21)28-14;1-2-5-3-4-1/h1-6,10-12,14,21-23H,7,17H2,(H,18,25);1-3H2/t10-,11-,12-,14-,16?;/m1./s1. The molecule has 0 saturated carbocycles. The van der Waals surface area contributed by atoms with Gasteiger partial charge in [-0.05, 0) is 18.2 Å². The molecular formula is C19H24N4O10. The van der Waals surface area contributed by atoms with Crippen molar-refractivity contribution < 1.29 is 44.0 Å². The van der Waals surface area contributed by atoms with E-state index in [4.69, 9.17) is 25.1 Å². The maximum atomic E-state index is 12.7. The van der Waals surface area contributed by atoms with Gasteiger partial charge in [0.15, 0.2) is 11.9 Å². The zero-order chi connectivity index (χ0) is 24.2. The van der Waals surface area contributed by atoms with Gasteiger partial charge in [0.2, 0.25) is 5.78 Å². The lowest BCUT2D eigenvalue weighted by molar-refractivity contribution is -0.384. The molecule has 0 spiro atoms. The van der Waals surface area contributed by atoms with E-state index in [-0.39, 0.29) is 11.3 Å². The number of ether oxygens (including phenoxy) is 3. The second-order valence-corrected chi connectivity index (χ2v) is 7.32. The summed E-state index contributed by atoms with van der Waals surface area (Å²) in [7, 11) is 0. The van der Waals surface area contributed by atoms with Crippen molar-refractivity contribution in [2.45, 2.75) is 30.2 Å². The zero-order valence-corrected chi connectivity index (χ0v) is 17.3. The highest BCUT2D eigenvalue weighted by atomic mass is 16.7. The second-order valence-electron chi connectivity index (χ2n) is 7.32. The van der Waals surface area contributed by atoms with Crippen molar-refractivity contribution in [3.05, 3.63) is 52.2 Å². The number of urea groups is 1. The Kier molecular flexibility index (Phi) is 7.70. The monoisotopic (exact) mass is 468 g/mol. The molecule has 3 heterocycles. The Labute approximate surface area is 187 Å². The number of nitro groups is 1. The van der Waals surface area contributed by atoms with Crippen molar-refractivity contribution in [1.82, 2.24) is 10.2 Å². The number of carbonyl (C=O) groups is 2. The highest BCUT2D eigenvalue weighted by Gasteiger charge is 2.48. The Balaban J connectivity index is 0.000000541. The van der Waals surface area contributed by atoms with Crippen molar-refractivity contribution >= 4 is 17.5 Å². The number of ketones is 1. The molecule has 1 aromatic carbocycles. The van der Waals surface area contributed by atoms with Crippen LogP contribution in [-0.4, -0.2) is 93.8 Å². The molecule has 0 radical (unpaired) electrons. The van der Waals surface area contributed by atoms with Gasteiger partial charge in [-0.2, -0.15) is 0 Å². The third kappa shape index (κ3) is 5.33. The van der Waals surface area contributed by atoms with E-state index >= 15 is 0 Å². The van der Waals surface area contributed by atoms with Crippen molar-refractivity contribution in [3.8, 4) is 0 Å². The van der Waals surface area contributed by atoms with Crippen LogP contribution in [0.5, 0.6) is 0 Å². The number of nitrogens with zero attached hydrogens (tertiary/aromatic N) is 2. The van der Waals surface area contributed by atoms with Crippen LogP contribution in [0, 0.1) is 10.1 Å². The Morgan fingerprint density at radius 2 is 1.88 bits per heavy atom. The number of amides is 2. The van der Waals surface area contributed by atoms with Crippen molar-refractivity contribution in [1.29, 1.82) is 0 Å². The number of nitrogens with two attached hydrogens (primary N) is 1. The van der Waals surface area contributed by atoms with Crippen LogP contribution in [0.2, 0.25) is 0 Å². The number of hydrogen-bond acceptors (Lipinski definition) is 11. The van der Waals surface area contributed by atoms with Crippen LogP contribution in [0.25, 0.3) is 0 Å². The summed E-state index contributed by atoms with van der Waals surface area (Å²) in [5, 5.41) is 41.9. The lowest BCUT2D eigenvalue weighted by Gasteiger charge is -2.36. The molecular weight excluding hydrogens is 444 g/mol. The van der Waals surface area contributed by atoms with E-state index < -0.39 is 53.5 Å². The van der Waals surface area contributed by atoms with E-state index in [1.54, 1.807) is 0 Å². The molecule has 1 unspecified atom stereocenters. The molecule has 3 aliphatic heterocycles. The van der Waals surface area contributed by atoms with E-state index in [1.165, 1.54) is 12.1 Å². The van der Waals surface area contributed by atoms with Crippen molar-refractivity contribution in [2.24, 2.45) is 5.73 Å². The maximum absolute atomic E-state index is 12.7. The van der Waals surface area contributed by atoms with Crippen molar-refractivity contribution in [2.75, 3.05) is 26.6 Å². The predicted molar refractivity (Wildman–Crippen MR) is 108 cm³/mol. The first kappa shape index (κ1) is 24.7. The van der Waals surface area contributed by atoms with Gasteiger partial charge in [-0.1, -0.05) is 0 Å². The lowest BCUT2D eigenvalue weighted by Crippen LogP contribution is -2.66. The van der Waals surface area contributed by atoms with Gasteiger partial charge in [-0.15, -0.1) is 0 Å². The van der Waals surface area contributed by atoms with Crippen LogP contribution >= 0.6 is 0 Å². The fourth-order valence-corrected chi connectivity index (χ4v) is 3.26. The van der Waals surface area contributed by atoms with Gasteiger partial charge in [-0.25, -0.2) is 4.79 Å². The number of non-ortho nitro benzene ring substituents is 1. The molecule has 14 nitrogen and oxygen atoms in total. The Morgan fingerprint density at radius 3 is 2.33 bits per heavy atom. The second kappa shape index (κ2) is 10.3. The van der Waals surface area contributed by atoms with Gasteiger partial charge in [0, 0.05) is 23.9 Å². The third-order valence-corrected chi connectivity index (χ3v) is 5.09. The molecule has 4 rings (SSSR count). The third-order valence-electron chi connectivity index (χ3n) is 5.09. The van der Waals surface area contributed by atoms with E-state index in [0.717, 1.165) is 42.5 Å². The number of nitro benzene ring substituents is 1. The fraction of sp³-hybridized carbons (Fsp3) is 0.474. The first-order valence-electron chi connectivity index (χ1n) is 9.84. The van der Waals surface area contributed by atoms with Crippen LogP contribution in [0.3, 0.4) is 0 Å². The molecule has 2 fully saturated rings. The van der Waals surface area contributed by atoms with Crippen molar-refractivity contribution in [3.63, 3.8) is 0 Å². The van der Waals surface area contributed by atoms with Crippen LogP contribution in [-0.2, 0) is 14.2 Å². The minimum Gasteiger partial charge on any atom is -0.394 e.